The minimum absolute atomic E-state index is 0.0917. The van der Waals surface area contributed by atoms with E-state index in [0.29, 0.717) is 21.9 Å². The fraction of sp³-hybridized carbons (Fsp3) is 0. The zero-order valence-corrected chi connectivity index (χ0v) is 13.3. The molecule has 6 nitrogen and oxygen atoms in total. The Balaban J connectivity index is 1.84. The Hall–Kier alpha value is -2.57. The van der Waals surface area contributed by atoms with Gasteiger partial charge in [0.1, 0.15) is 0 Å². The fourth-order valence-corrected chi connectivity index (χ4v) is 2.28. The molecule has 0 saturated carbocycles. The number of benzene rings is 2. The Morgan fingerprint density at radius 3 is 1.65 bits per heavy atom. The van der Waals surface area contributed by atoms with Gasteiger partial charge in [-0.05, 0) is 36.4 Å². The lowest BCUT2D eigenvalue weighted by Crippen LogP contribution is -2.06. The standard InChI is InChI=1S/C15H12Cl2N6/c16-9-3-1-5-11(7-9)19-14-21-13(18)22-15(23-14)20-12-6-2-4-10(17)8-12/h1-8H,(H4,18,19,20,21,22,23). The highest BCUT2D eigenvalue weighted by molar-refractivity contribution is 6.31. The SMILES string of the molecule is Nc1nc(Nc2cccc(Cl)c2)nc(Nc2cccc(Cl)c2)n1. The van der Waals surface area contributed by atoms with E-state index in [2.05, 4.69) is 25.6 Å². The maximum absolute atomic E-state index is 5.95. The van der Waals surface area contributed by atoms with E-state index in [1.165, 1.54) is 0 Å². The second-order valence-corrected chi connectivity index (χ2v) is 5.48. The summed E-state index contributed by atoms with van der Waals surface area (Å²) in [6, 6.07) is 14.4. The van der Waals surface area contributed by atoms with Crippen molar-refractivity contribution < 1.29 is 0 Å². The zero-order chi connectivity index (χ0) is 16.2. The van der Waals surface area contributed by atoms with Crippen LogP contribution in [0.1, 0.15) is 0 Å². The first-order valence-electron chi connectivity index (χ1n) is 6.65. The van der Waals surface area contributed by atoms with Gasteiger partial charge < -0.3 is 16.4 Å². The third-order valence-corrected chi connectivity index (χ3v) is 3.28. The molecule has 0 unspecified atom stereocenters. The molecular weight excluding hydrogens is 335 g/mol. The topological polar surface area (TPSA) is 88.8 Å². The van der Waals surface area contributed by atoms with E-state index in [1.54, 1.807) is 24.3 Å². The number of anilines is 5. The molecule has 0 saturated heterocycles. The van der Waals surface area contributed by atoms with Gasteiger partial charge in [0.2, 0.25) is 17.8 Å². The largest absolute Gasteiger partial charge is 0.368 e. The van der Waals surface area contributed by atoms with Gasteiger partial charge in [-0.25, -0.2) is 0 Å². The van der Waals surface area contributed by atoms with Crippen molar-refractivity contribution >= 4 is 52.4 Å². The lowest BCUT2D eigenvalue weighted by atomic mass is 10.3. The summed E-state index contributed by atoms with van der Waals surface area (Å²) in [5.74, 6) is 0.711. The monoisotopic (exact) mass is 346 g/mol. The molecule has 0 amide bonds. The second kappa shape index (κ2) is 6.68. The lowest BCUT2D eigenvalue weighted by Gasteiger charge is -2.09. The first-order chi connectivity index (χ1) is 11.1. The smallest absolute Gasteiger partial charge is 0.233 e. The van der Waals surface area contributed by atoms with Gasteiger partial charge in [0, 0.05) is 21.4 Å². The van der Waals surface area contributed by atoms with Crippen LogP contribution in [-0.4, -0.2) is 15.0 Å². The van der Waals surface area contributed by atoms with Crippen LogP contribution in [0.5, 0.6) is 0 Å². The average Bonchev–Trinajstić information content (AvgIpc) is 2.46. The number of nitrogens with zero attached hydrogens (tertiary/aromatic N) is 3. The molecular formula is C15H12Cl2N6. The first-order valence-corrected chi connectivity index (χ1v) is 7.41. The highest BCUT2D eigenvalue weighted by Crippen LogP contribution is 2.21. The number of aromatic nitrogens is 3. The molecule has 0 fully saturated rings. The van der Waals surface area contributed by atoms with Gasteiger partial charge in [-0.2, -0.15) is 15.0 Å². The van der Waals surface area contributed by atoms with Crippen molar-refractivity contribution in [3.8, 4) is 0 Å². The molecule has 0 radical (unpaired) electrons. The van der Waals surface area contributed by atoms with E-state index >= 15 is 0 Å². The van der Waals surface area contributed by atoms with E-state index in [9.17, 15) is 0 Å². The van der Waals surface area contributed by atoms with E-state index in [0.717, 1.165) is 11.4 Å². The summed E-state index contributed by atoms with van der Waals surface area (Å²) in [6.45, 7) is 0. The van der Waals surface area contributed by atoms with Gasteiger partial charge in [0.15, 0.2) is 0 Å². The molecule has 8 heteroatoms. The van der Waals surface area contributed by atoms with Gasteiger partial charge in [-0.1, -0.05) is 35.3 Å². The van der Waals surface area contributed by atoms with Crippen LogP contribution in [0.3, 0.4) is 0 Å². The van der Waals surface area contributed by atoms with Crippen molar-refractivity contribution in [2.45, 2.75) is 0 Å². The summed E-state index contributed by atoms with van der Waals surface area (Å²) in [4.78, 5) is 12.4. The molecule has 3 aromatic rings. The van der Waals surface area contributed by atoms with E-state index in [-0.39, 0.29) is 5.95 Å². The number of halogens is 2. The van der Waals surface area contributed by atoms with Crippen molar-refractivity contribution in [1.82, 2.24) is 15.0 Å². The van der Waals surface area contributed by atoms with Crippen LogP contribution < -0.4 is 16.4 Å². The molecule has 0 bridgehead atoms. The summed E-state index contributed by atoms with van der Waals surface area (Å²) in [7, 11) is 0. The predicted molar refractivity (Wildman–Crippen MR) is 93.7 cm³/mol. The van der Waals surface area contributed by atoms with E-state index < -0.39 is 0 Å². The second-order valence-electron chi connectivity index (χ2n) is 4.61. The molecule has 0 aliphatic rings. The van der Waals surface area contributed by atoms with Crippen LogP contribution >= 0.6 is 23.2 Å². The summed E-state index contributed by atoms with van der Waals surface area (Å²) in [5.41, 5.74) is 7.23. The van der Waals surface area contributed by atoms with Gasteiger partial charge >= 0.3 is 0 Å². The summed E-state index contributed by atoms with van der Waals surface area (Å²) >= 11 is 11.9. The van der Waals surface area contributed by atoms with Crippen LogP contribution in [0.15, 0.2) is 48.5 Å². The summed E-state index contributed by atoms with van der Waals surface area (Å²) in [6.07, 6.45) is 0. The molecule has 0 atom stereocenters. The van der Waals surface area contributed by atoms with Gasteiger partial charge in [0.25, 0.3) is 0 Å². The molecule has 0 spiro atoms. The number of rotatable bonds is 4. The first kappa shape index (κ1) is 15.3. The Labute approximate surface area is 142 Å². The maximum atomic E-state index is 5.95. The quantitative estimate of drug-likeness (QED) is 0.654. The minimum atomic E-state index is 0.0917. The highest BCUT2D eigenvalue weighted by atomic mass is 35.5. The Morgan fingerprint density at radius 1 is 0.739 bits per heavy atom. The number of hydrogen-bond donors (Lipinski definition) is 3. The third kappa shape index (κ3) is 4.21. The van der Waals surface area contributed by atoms with Gasteiger partial charge in [-0.15, -0.1) is 0 Å². The molecule has 1 aromatic heterocycles. The minimum Gasteiger partial charge on any atom is -0.368 e. The van der Waals surface area contributed by atoms with Gasteiger partial charge in [0.05, 0.1) is 0 Å². The highest BCUT2D eigenvalue weighted by Gasteiger charge is 2.06. The molecule has 0 aliphatic carbocycles. The number of nitrogens with one attached hydrogen (secondary N) is 2. The predicted octanol–water partition coefficient (Wildman–Crippen LogP) is 4.25. The summed E-state index contributed by atoms with van der Waals surface area (Å²) in [5, 5.41) is 7.27. The van der Waals surface area contributed by atoms with Crippen molar-refractivity contribution in [2.75, 3.05) is 16.4 Å². The molecule has 1 heterocycles. The Kier molecular flexibility index (Phi) is 4.45. The van der Waals surface area contributed by atoms with Crippen LogP contribution in [0.4, 0.5) is 29.2 Å². The number of nitrogen functional groups attached to an aromatic ring is 1. The molecule has 0 aliphatic heterocycles. The van der Waals surface area contributed by atoms with E-state index in [1.807, 2.05) is 24.3 Å². The molecule has 2 aromatic carbocycles. The van der Waals surface area contributed by atoms with Gasteiger partial charge in [-0.3, -0.25) is 0 Å². The van der Waals surface area contributed by atoms with Crippen molar-refractivity contribution in [1.29, 1.82) is 0 Å². The fourth-order valence-electron chi connectivity index (χ4n) is 1.89. The van der Waals surface area contributed by atoms with Crippen LogP contribution in [0.25, 0.3) is 0 Å². The normalized spacial score (nSPS) is 10.3. The average molecular weight is 347 g/mol. The van der Waals surface area contributed by atoms with Crippen LogP contribution in [-0.2, 0) is 0 Å². The Morgan fingerprint density at radius 2 is 1.22 bits per heavy atom. The van der Waals surface area contributed by atoms with Crippen LogP contribution in [0, 0.1) is 0 Å². The lowest BCUT2D eigenvalue weighted by molar-refractivity contribution is 1.07. The van der Waals surface area contributed by atoms with Crippen LogP contribution in [0.2, 0.25) is 10.0 Å². The molecule has 4 N–H and O–H groups in total. The van der Waals surface area contributed by atoms with Crippen molar-refractivity contribution in [3.05, 3.63) is 58.6 Å². The van der Waals surface area contributed by atoms with Crippen molar-refractivity contribution in [3.63, 3.8) is 0 Å². The number of hydrogen-bond acceptors (Lipinski definition) is 6. The molecule has 23 heavy (non-hydrogen) atoms. The number of nitrogens with two attached hydrogens (primary N) is 1. The summed E-state index contributed by atoms with van der Waals surface area (Å²) < 4.78 is 0. The molecule has 3 rings (SSSR count). The Bertz CT molecular complexity index is 774. The zero-order valence-electron chi connectivity index (χ0n) is 11.8. The molecule has 116 valence electrons. The van der Waals surface area contributed by atoms with Crippen molar-refractivity contribution in [2.24, 2.45) is 0 Å². The van der Waals surface area contributed by atoms with E-state index in [4.69, 9.17) is 28.9 Å². The maximum Gasteiger partial charge on any atom is 0.233 e. The third-order valence-electron chi connectivity index (χ3n) is 2.81.